The van der Waals surface area contributed by atoms with Crippen LogP contribution in [0.3, 0.4) is 0 Å². The van der Waals surface area contributed by atoms with Crippen LogP contribution in [-0.2, 0) is 0 Å². The van der Waals surface area contributed by atoms with E-state index in [0.29, 0.717) is 0 Å². The van der Waals surface area contributed by atoms with Gasteiger partial charge >= 0.3 is 0 Å². The first kappa shape index (κ1) is 11.0. The maximum absolute atomic E-state index is 12.6. The molecule has 5 heteroatoms. The van der Waals surface area contributed by atoms with Crippen LogP contribution in [0.4, 0.5) is 4.39 Å². The molecule has 1 aromatic rings. The number of aliphatic hydroxyl groups is 2. The molecule has 0 aliphatic carbocycles. The zero-order valence-electron chi connectivity index (χ0n) is 7.60. The second kappa shape index (κ2) is 4.99. The fraction of sp³-hybridized carbons (Fsp3) is 0.444. The monoisotopic (exact) mass is 200 g/mol. The van der Waals surface area contributed by atoms with Crippen molar-refractivity contribution in [2.45, 2.75) is 18.6 Å². The van der Waals surface area contributed by atoms with Crippen molar-refractivity contribution < 1.29 is 14.6 Å². The van der Waals surface area contributed by atoms with Gasteiger partial charge in [-0.3, -0.25) is 0 Å². The molecule has 0 spiro atoms. The van der Waals surface area contributed by atoms with Crippen LogP contribution in [-0.4, -0.2) is 27.8 Å². The predicted molar refractivity (Wildman–Crippen MR) is 48.8 cm³/mol. The quantitative estimate of drug-likeness (QED) is 0.596. The van der Waals surface area contributed by atoms with Crippen molar-refractivity contribution in [3.63, 3.8) is 0 Å². The van der Waals surface area contributed by atoms with E-state index in [1.54, 1.807) is 0 Å². The third-order valence-corrected chi connectivity index (χ3v) is 1.87. The van der Waals surface area contributed by atoms with Gasteiger partial charge < -0.3 is 15.9 Å². The summed E-state index contributed by atoms with van der Waals surface area (Å²) in [6, 6.07) is 4.05. The topological polar surface area (TPSA) is 79.4 Å². The molecule has 0 aliphatic heterocycles. The van der Waals surface area contributed by atoms with E-state index >= 15 is 0 Å². The van der Waals surface area contributed by atoms with E-state index in [2.05, 4.69) is 4.98 Å². The number of halogens is 1. The van der Waals surface area contributed by atoms with Gasteiger partial charge in [-0.25, -0.2) is 4.98 Å². The Labute approximate surface area is 81.2 Å². The average molecular weight is 200 g/mol. The molecule has 1 rings (SSSR count). The normalized spacial score (nSPS) is 15.1. The molecule has 0 radical (unpaired) electrons. The first-order valence-electron chi connectivity index (χ1n) is 4.34. The Morgan fingerprint density at radius 1 is 1.43 bits per heavy atom. The van der Waals surface area contributed by atoms with E-state index in [1.807, 2.05) is 0 Å². The molecule has 4 N–H and O–H groups in total. The lowest BCUT2D eigenvalue weighted by Gasteiger charge is -2.16. The predicted octanol–water partition coefficient (Wildman–Crippen LogP) is -0.0362. The van der Waals surface area contributed by atoms with Crippen LogP contribution in [0.5, 0.6) is 0 Å². The van der Waals surface area contributed by atoms with Crippen LogP contribution in [0.15, 0.2) is 18.2 Å². The highest BCUT2D eigenvalue weighted by Crippen LogP contribution is 2.16. The number of nitrogens with two attached hydrogens (primary N) is 1. The highest BCUT2D eigenvalue weighted by atomic mass is 19.1. The molecule has 78 valence electrons. The first-order chi connectivity index (χ1) is 6.65. The van der Waals surface area contributed by atoms with Crippen molar-refractivity contribution in [1.82, 2.24) is 4.98 Å². The van der Waals surface area contributed by atoms with Gasteiger partial charge in [0.2, 0.25) is 5.95 Å². The molecule has 4 nitrogen and oxygen atoms in total. The molecule has 14 heavy (non-hydrogen) atoms. The second-order valence-electron chi connectivity index (χ2n) is 2.97. The zero-order valence-corrected chi connectivity index (χ0v) is 7.60. The summed E-state index contributed by atoms with van der Waals surface area (Å²) in [5.41, 5.74) is 5.33. The van der Waals surface area contributed by atoms with Gasteiger partial charge in [0.05, 0.1) is 11.8 Å². The van der Waals surface area contributed by atoms with Gasteiger partial charge in [-0.15, -0.1) is 0 Å². The van der Waals surface area contributed by atoms with E-state index in [1.165, 1.54) is 18.2 Å². The molecule has 0 amide bonds. The number of aromatic nitrogens is 1. The Bertz CT molecular complexity index is 296. The van der Waals surface area contributed by atoms with Gasteiger partial charge in [-0.1, -0.05) is 6.07 Å². The Balaban J connectivity index is 2.73. The molecule has 0 bridgehead atoms. The number of hydrogen-bond acceptors (Lipinski definition) is 4. The number of nitrogens with zero attached hydrogens (tertiary/aromatic N) is 1. The molecule has 0 saturated heterocycles. The Morgan fingerprint density at radius 3 is 2.71 bits per heavy atom. The summed E-state index contributed by atoms with van der Waals surface area (Å²) < 4.78 is 12.6. The van der Waals surface area contributed by atoms with Gasteiger partial charge in [0.25, 0.3) is 0 Å². The summed E-state index contributed by atoms with van der Waals surface area (Å²) in [4.78, 5) is 3.46. The summed E-state index contributed by atoms with van der Waals surface area (Å²) in [6.45, 7) is 0.257. The number of rotatable bonds is 4. The van der Waals surface area contributed by atoms with Crippen molar-refractivity contribution in [3.05, 3.63) is 29.8 Å². The summed E-state index contributed by atoms with van der Waals surface area (Å²) in [5, 5.41) is 18.9. The number of hydrogen-bond donors (Lipinski definition) is 3. The lowest BCUT2D eigenvalue weighted by atomic mass is 10.1. The average Bonchev–Trinajstić information content (AvgIpc) is 2.17. The molecule has 1 heterocycles. The summed E-state index contributed by atoms with van der Waals surface area (Å²) in [6.07, 6.45) is -1.94. The molecule has 1 aromatic heterocycles. The Kier molecular flexibility index (Phi) is 3.94. The van der Waals surface area contributed by atoms with Gasteiger partial charge in [-0.2, -0.15) is 4.39 Å². The SMILES string of the molecule is NCCC(O)C(O)c1cccc(F)n1. The molecule has 2 atom stereocenters. The van der Waals surface area contributed by atoms with Crippen LogP contribution in [0.1, 0.15) is 18.2 Å². The Hall–Kier alpha value is -1.04. The van der Waals surface area contributed by atoms with Crippen LogP contribution in [0.25, 0.3) is 0 Å². The number of pyridine rings is 1. The van der Waals surface area contributed by atoms with Crippen molar-refractivity contribution in [3.8, 4) is 0 Å². The highest BCUT2D eigenvalue weighted by molar-refractivity contribution is 5.08. The third kappa shape index (κ3) is 2.73. The smallest absolute Gasteiger partial charge is 0.213 e. The lowest BCUT2D eigenvalue weighted by Crippen LogP contribution is -2.22. The second-order valence-corrected chi connectivity index (χ2v) is 2.97. The van der Waals surface area contributed by atoms with Crippen LogP contribution >= 0.6 is 0 Å². The van der Waals surface area contributed by atoms with Crippen LogP contribution in [0.2, 0.25) is 0 Å². The minimum Gasteiger partial charge on any atom is -0.390 e. The van der Waals surface area contributed by atoms with Gasteiger partial charge in [-0.05, 0) is 25.1 Å². The van der Waals surface area contributed by atoms with Gasteiger partial charge in [0.1, 0.15) is 6.10 Å². The van der Waals surface area contributed by atoms with E-state index in [4.69, 9.17) is 5.73 Å². The third-order valence-electron chi connectivity index (χ3n) is 1.87. The maximum atomic E-state index is 12.6. The lowest BCUT2D eigenvalue weighted by molar-refractivity contribution is 0.0121. The summed E-state index contributed by atoms with van der Waals surface area (Å²) >= 11 is 0. The molecule has 0 fully saturated rings. The molecule has 2 unspecified atom stereocenters. The zero-order chi connectivity index (χ0) is 10.6. The largest absolute Gasteiger partial charge is 0.390 e. The van der Waals surface area contributed by atoms with E-state index in [0.717, 1.165) is 0 Å². The molecule has 0 aromatic carbocycles. The van der Waals surface area contributed by atoms with E-state index in [9.17, 15) is 14.6 Å². The minimum atomic E-state index is -1.19. The standard InChI is InChI=1S/C9H13FN2O2/c10-8-3-1-2-6(12-8)9(14)7(13)4-5-11/h1-3,7,9,13-14H,4-5,11H2. The van der Waals surface area contributed by atoms with E-state index < -0.39 is 18.2 Å². The maximum Gasteiger partial charge on any atom is 0.213 e. The molecular formula is C9H13FN2O2. The highest BCUT2D eigenvalue weighted by Gasteiger charge is 2.18. The van der Waals surface area contributed by atoms with Crippen molar-refractivity contribution >= 4 is 0 Å². The molecule has 0 aliphatic rings. The Morgan fingerprint density at radius 2 is 2.14 bits per heavy atom. The van der Waals surface area contributed by atoms with Crippen LogP contribution < -0.4 is 5.73 Å². The van der Waals surface area contributed by atoms with Gasteiger partial charge in [0.15, 0.2) is 0 Å². The van der Waals surface area contributed by atoms with Gasteiger partial charge in [0, 0.05) is 0 Å². The fourth-order valence-electron chi connectivity index (χ4n) is 1.11. The fourth-order valence-corrected chi connectivity index (χ4v) is 1.11. The molecule has 0 saturated carbocycles. The summed E-state index contributed by atoms with van der Waals surface area (Å²) in [7, 11) is 0. The summed E-state index contributed by atoms with van der Waals surface area (Å²) in [5.74, 6) is -0.679. The van der Waals surface area contributed by atoms with Crippen LogP contribution in [0, 0.1) is 5.95 Å². The van der Waals surface area contributed by atoms with E-state index in [-0.39, 0.29) is 18.7 Å². The number of aliphatic hydroxyl groups excluding tert-OH is 2. The van der Waals surface area contributed by atoms with Crippen molar-refractivity contribution in [2.75, 3.05) is 6.54 Å². The van der Waals surface area contributed by atoms with Crippen molar-refractivity contribution in [1.29, 1.82) is 0 Å². The molecular weight excluding hydrogens is 187 g/mol. The van der Waals surface area contributed by atoms with Crippen molar-refractivity contribution in [2.24, 2.45) is 5.73 Å². The minimum absolute atomic E-state index is 0.117. The first-order valence-corrected chi connectivity index (χ1v) is 4.34.